The predicted molar refractivity (Wildman–Crippen MR) is 108 cm³/mol. The standard InChI is InChI=1S/C20H25N3OS/c1-3-23(4-2)19(24)17-10-12-18(13-11-17)22-20(25)21-15-14-16-8-6-5-7-9-16/h5-13H,3-4,14-15H2,1-2H3,(H2,21,22,25). The van der Waals surface area contributed by atoms with E-state index in [1.54, 1.807) is 4.90 Å². The van der Waals surface area contributed by atoms with Crippen LogP contribution in [-0.4, -0.2) is 35.6 Å². The summed E-state index contributed by atoms with van der Waals surface area (Å²) >= 11 is 5.32. The SMILES string of the molecule is CCN(CC)C(=O)c1ccc(NC(=S)NCCc2ccccc2)cc1. The minimum Gasteiger partial charge on any atom is -0.362 e. The van der Waals surface area contributed by atoms with Crippen LogP contribution in [0.15, 0.2) is 54.6 Å². The maximum atomic E-state index is 12.3. The van der Waals surface area contributed by atoms with Crippen molar-refractivity contribution < 1.29 is 4.79 Å². The molecule has 0 aliphatic heterocycles. The van der Waals surface area contributed by atoms with Gasteiger partial charge in [-0.2, -0.15) is 0 Å². The number of anilines is 1. The highest BCUT2D eigenvalue weighted by atomic mass is 32.1. The molecule has 25 heavy (non-hydrogen) atoms. The molecule has 1 amide bonds. The van der Waals surface area contributed by atoms with Crippen molar-refractivity contribution in [3.63, 3.8) is 0 Å². The molecular formula is C20H25N3OS. The summed E-state index contributed by atoms with van der Waals surface area (Å²) in [6, 6.07) is 17.7. The number of hydrogen-bond acceptors (Lipinski definition) is 2. The third kappa shape index (κ3) is 5.87. The smallest absolute Gasteiger partial charge is 0.253 e. The van der Waals surface area contributed by atoms with Gasteiger partial charge in [-0.05, 0) is 62.3 Å². The van der Waals surface area contributed by atoms with Crippen LogP contribution in [0.3, 0.4) is 0 Å². The summed E-state index contributed by atoms with van der Waals surface area (Å²) in [5.74, 6) is 0.0557. The maximum absolute atomic E-state index is 12.3. The largest absolute Gasteiger partial charge is 0.362 e. The fourth-order valence-corrected chi connectivity index (χ4v) is 2.75. The van der Waals surface area contributed by atoms with E-state index in [1.165, 1.54) is 5.56 Å². The van der Waals surface area contributed by atoms with Crippen molar-refractivity contribution in [2.24, 2.45) is 0 Å². The molecule has 0 aliphatic rings. The Bertz CT molecular complexity index is 682. The van der Waals surface area contributed by atoms with Gasteiger partial charge in [-0.1, -0.05) is 30.3 Å². The van der Waals surface area contributed by atoms with E-state index < -0.39 is 0 Å². The van der Waals surface area contributed by atoms with Crippen LogP contribution >= 0.6 is 12.2 Å². The lowest BCUT2D eigenvalue weighted by Crippen LogP contribution is -2.31. The van der Waals surface area contributed by atoms with Crippen LogP contribution in [0.4, 0.5) is 5.69 Å². The van der Waals surface area contributed by atoms with E-state index >= 15 is 0 Å². The molecule has 2 aromatic carbocycles. The first kappa shape index (κ1) is 18.9. The summed E-state index contributed by atoms with van der Waals surface area (Å²) < 4.78 is 0. The molecule has 0 aliphatic carbocycles. The number of nitrogens with zero attached hydrogens (tertiary/aromatic N) is 1. The second kappa shape index (κ2) is 9.79. The first-order valence-corrected chi connectivity index (χ1v) is 9.03. The molecular weight excluding hydrogens is 330 g/mol. The van der Waals surface area contributed by atoms with Crippen LogP contribution < -0.4 is 10.6 Å². The number of amides is 1. The molecule has 0 fully saturated rings. The number of carbonyl (C=O) groups is 1. The molecule has 0 bridgehead atoms. The van der Waals surface area contributed by atoms with Crippen molar-refractivity contribution in [2.75, 3.05) is 25.0 Å². The molecule has 0 atom stereocenters. The monoisotopic (exact) mass is 355 g/mol. The Balaban J connectivity index is 1.82. The van der Waals surface area contributed by atoms with Gasteiger partial charge in [0.1, 0.15) is 0 Å². The van der Waals surface area contributed by atoms with Crippen LogP contribution in [0.25, 0.3) is 0 Å². The van der Waals surface area contributed by atoms with Crippen LogP contribution in [0, 0.1) is 0 Å². The molecule has 0 unspecified atom stereocenters. The molecule has 132 valence electrons. The average molecular weight is 356 g/mol. The summed E-state index contributed by atoms with van der Waals surface area (Å²) in [6.45, 7) is 6.16. The Kier molecular flexibility index (Phi) is 7.41. The van der Waals surface area contributed by atoms with Gasteiger partial charge in [0.2, 0.25) is 0 Å². The van der Waals surface area contributed by atoms with Crippen molar-refractivity contribution in [3.8, 4) is 0 Å². The predicted octanol–water partition coefficient (Wildman–Crippen LogP) is 3.70. The van der Waals surface area contributed by atoms with Crippen molar-refractivity contribution in [1.82, 2.24) is 10.2 Å². The van der Waals surface area contributed by atoms with Gasteiger partial charge >= 0.3 is 0 Å². The number of rotatable bonds is 7. The van der Waals surface area contributed by atoms with E-state index in [4.69, 9.17) is 12.2 Å². The highest BCUT2D eigenvalue weighted by Gasteiger charge is 2.11. The topological polar surface area (TPSA) is 44.4 Å². The van der Waals surface area contributed by atoms with Gasteiger partial charge in [-0.15, -0.1) is 0 Å². The van der Waals surface area contributed by atoms with Crippen LogP contribution in [0.2, 0.25) is 0 Å². The molecule has 0 radical (unpaired) electrons. The lowest BCUT2D eigenvalue weighted by atomic mass is 10.1. The van der Waals surface area contributed by atoms with Crippen molar-refractivity contribution >= 4 is 28.9 Å². The zero-order chi connectivity index (χ0) is 18.1. The van der Waals surface area contributed by atoms with E-state index in [2.05, 4.69) is 22.8 Å². The molecule has 0 aromatic heterocycles. The second-order valence-electron chi connectivity index (χ2n) is 5.67. The van der Waals surface area contributed by atoms with Gasteiger partial charge in [-0.25, -0.2) is 0 Å². The normalized spacial score (nSPS) is 10.2. The Hall–Kier alpha value is -2.40. The summed E-state index contributed by atoms with van der Waals surface area (Å²) in [4.78, 5) is 14.1. The highest BCUT2D eigenvalue weighted by molar-refractivity contribution is 7.80. The van der Waals surface area contributed by atoms with Gasteiger partial charge in [-0.3, -0.25) is 4.79 Å². The molecule has 2 rings (SSSR count). The van der Waals surface area contributed by atoms with Crippen LogP contribution in [0.5, 0.6) is 0 Å². The Morgan fingerprint density at radius 2 is 1.64 bits per heavy atom. The van der Waals surface area contributed by atoms with Crippen LogP contribution in [0.1, 0.15) is 29.8 Å². The number of hydrogen-bond donors (Lipinski definition) is 2. The lowest BCUT2D eigenvalue weighted by Gasteiger charge is -2.18. The molecule has 4 nitrogen and oxygen atoms in total. The fourth-order valence-electron chi connectivity index (χ4n) is 2.53. The van der Waals surface area contributed by atoms with Gasteiger partial charge < -0.3 is 15.5 Å². The maximum Gasteiger partial charge on any atom is 0.253 e. The fraction of sp³-hybridized carbons (Fsp3) is 0.300. The number of carbonyl (C=O) groups excluding carboxylic acids is 1. The Morgan fingerprint density at radius 3 is 2.24 bits per heavy atom. The van der Waals surface area contributed by atoms with E-state index in [0.29, 0.717) is 23.8 Å². The lowest BCUT2D eigenvalue weighted by molar-refractivity contribution is 0.0773. The van der Waals surface area contributed by atoms with E-state index in [1.807, 2.05) is 56.3 Å². The molecule has 0 spiro atoms. The second-order valence-corrected chi connectivity index (χ2v) is 6.08. The quantitative estimate of drug-likeness (QED) is 0.744. The first-order chi connectivity index (χ1) is 12.1. The van der Waals surface area contributed by atoms with Crippen molar-refractivity contribution in [1.29, 1.82) is 0 Å². The average Bonchev–Trinajstić information content (AvgIpc) is 2.64. The van der Waals surface area contributed by atoms with E-state index in [9.17, 15) is 4.79 Å². The highest BCUT2D eigenvalue weighted by Crippen LogP contribution is 2.11. The Morgan fingerprint density at radius 1 is 1.00 bits per heavy atom. The first-order valence-electron chi connectivity index (χ1n) is 8.62. The van der Waals surface area contributed by atoms with Crippen LogP contribution in [-0.2, 0) is 6.42 Å². The van der Waals surface area contributed by atoms with Crippen molar-refractivity contribution in [2.45, 2.75) is 20.3 Å². The van der Waals surface area contributed by atoms with Gasteiger partial charge in [0.15, 0.2) is 5.11 Å². The summed E-state index contributed by atoms with van der Waals surface area (Å²) in [6.07, 6.45) is 0.917. The number of benzene rings is 2. The number of thiocarbonyl (C=S) groups is 1. The molecule has 0 saturated heterocycles. The van der Waals surface area contributed by atoms with Gasteiger partial charge in [0, 0.05) is 30.9 Å². The molecule has 5 heteroatoms. The Labute approximate surface area is 155 Å². The molecule has 2 aromatic rings. The number of nitrogens with one attached hydrogen (secondary N) is 2. The van der Waals surface area contributed by atoms with Gasteiger partial charge in [0.05, 0.1) is 0 Å². The zero-order valence-corrected chi connectivity index (χ0v) is 15.6. The summed E-state index contributed by atoms with van der Waals surface area (Å²) in [5, 5.41) is 6.93. The molecule has 0 saturated carbocycles. The van der Waals surface area contributed by atoms with Crippen molar-refractivity contribution in [3.05, 3.63) is 65.7 Å². The minimum atomic E-state index is 0.0557. The summed E-state index contributed by atoms with van der Waals surface area (Å²) in [7, 11) is 0. The minimum absolute atomic E-state index is 0.0557. The third-order valence-electron chi connectivity index (χ3n) is 3.98. The third-order valence-corrected chi connectivity index (χ3v) is 4.23. The van der Waals surface area contributed by atoms with Gasteiger partial charge in [0.25, 0.3) is 5.91 Å². The van der Waals surface area contributed by atoms with E-state index in [0.717, 1.165) is 18.7 Å². The molecule has 0 heterocycles. The molecule has 2 N–H and O–H groups in total. The van der Waals surface area contributed by atoms with E-state index in [-0.39, 0.29) is 5.91 Å². The summed E-state index contributed by atoms with van der Waals surface area (Å²) in [5.41, 5.74) is 2.84. The zero-order valence-electron chi connectivity index (χ0n) is 14.8.